The van der Waals surface area contributed by atoms with Gasteiger partial charge >= 0.3 is 5.97 Å². The molecule has 1 aliphatic heterocycles. The van der Waals surface area contributed by atoms with Gasteiger partial charge in [-0.25, -0.2) is 0 Å². The molecule has 3 heteroatoms. The average molecular weight is 289 g/mol. The Morgan fingerprint density at radius 2 is 1.76 bits per heavy atom. The molecule has 0 spiro atoms. The third-order valence-electron chi connectivity index (χ3n) is 4.75. The Morgan fingerprint density at radius 1 is 1.19 bits per heavy atom. The maximum Gasteiger partial charge on any atom is 0.305 e. The Balaban J connectivity index is 2.31. The summed E-state index contributed by atoms with van der Waals surface area (Å²) in [4.78, 5) is 13.7. The molecule has 1 aliphatic rings. The lowest BCUT2D eigenvalue weighted by atomic mass is 9.84. The largest absolute Gasteiger partial charge is 0.481 e. The molecular formula is C18H27NO2. The summed E-state index contributed by atoms with van der Waals surface area (Å²) in [5.41, 5.74) is 2.02. The van der Waals surface area contributed by atoms with E-state index in [1.54, 1.807) is 0 Å². The number of rotatable bonds is 5. The van der Waals surface area contributed by atoms with E-state index in [9.17, 15) is 9.90 Å². The molecule has 0 radical (unpaired) electrons. The van der Waals surface area contributed by atoms with Gasteiger partial charge in [-0.15, -0.1) is 0 Å². The molecule has 1 aromatic carbocycles. The van der Waals surface area contributed by atoms with Gasteiger partial charge in [0.2, 0.25) is 0 Å². The van der Waals surface area contributed by atoms with Crippen LogP contribution in [-0.2, 0) is 10.3 Å². The van der Waals surface area contributed by atoms with Crippen molar-refractivity contribution in [1.82, 2.24) is 4.90 Å². The van der Waals surface area contributed by atoms with Crippen molar-refractivity contribution in [3.8, 4) is 0 Å². The predicted octanol–water partition coefficient (Wildman–Crippen LogP) is 3.99. The monoisotopic (exact) mass is 289 g/mol. The van der Waals surface area contributed by atoms with Crippen molar-refractivity contribution in [2.45, 2.75) is 57.9 Å². The Hall–Kier alpha value is -1.35. The van der Waals surface area contributed by atoms with Crippen molar-refractivity contribution in [2.24, 2.45) is 0 Å². The van der Waals surface area contributed by atoms with Crippen molar-refractivity contribution >= 4 is 5.97 Å². The molecule has 0 aromatic heterocycles. The Morgan fingerprint density at radius 3 is 2.24 bits per heavy atom. The van der Waals surface area contributed by atoms with E-state index in [-0.39, 0.29) is 6.42 Å². The number of hydrogen-bond acceptors (Lipinski definition) is 2. The minimum absolute atomic E-state index is 0.161. The van der Waals surface area contributed by atoms with Crippen LogP contribution in [0.2, 0.25) is 0 Å². The van der Waals surface area contributed by atoms with Crippen LogP contribution in [0.25, 0.3) is 0 Å². The molecule has 0 bridgehead atoms. The van der Waals surface area contributed by atoms with E-state index in [0.717, 1.165) is 18.7 Å². The molecule has 2 rings (SSSR count). The Kier molecular flexibility index (Phi) is 5.04. The molecule has 0 saturated carbocycles. The molecule has 1 atom stereocenters. The van der Waals surface area contributed by atoms with E-state index in [1.165, 1.54) is 24.8 Å². The molecule has 1 fully saturated rings. The predicted molar refractivity (Wildman–Crippen MR) is 85.6 cm³/mol. The summed E-state index contributed by atoms with van der Waals surface area (Å²) in [7, 11) is 0. The first kappa shape index (κ1) is 16.0. The highest BCUT2D eigenvalue weighted by atomic mass is 16.4. The van der Waals surface area contributed by atoms with Crippen LogP contribution in [0, 0.1) is 0 Å². The summed E-state index contributed by atoms with van der Waals surface area (Å²) in [5.74, 6) is -0.226. The van der Waals surface area contributed by atoms with Crippen LogP contribution in [0.1, 0.15) is 63.5 Å². The zero-order valence-electron chi connectivity index (χ0n) is 13.4. The number of hydrogen-bond donors (Lipinski definition) is 1. The van der Waals surface area contributed by atoms with Crippen LogP contribution in [0.4, 0.5) is 0 Å². The zero-order valence-corrected chi connectivity index (χ0v) is 13.4. The van der Waals surface area contributed by atoms with Crippen molar-refractivity contribution in [3.63, 3.8) is 0 Å². The number of likely N-dealkylation sites (tertiary alicyclic amines) is 1. The molecule has 21 heavy (non-hydrogen) atoms. The van der Waals surface area contributed by atoms with Gasteiger partial charge in [0, 0.05) is 0 Å². The third kappa shape index (κ3) is 3.65. The summed E-state index contributed by atoms with van der Waals surface area (Å²) in [6.45, 7) is 8.43. The number of carbonyl (C=O) groups is 1. The number of carboxylic acids is 1. The molecule has 3 nitrogen and oxygen atoms in total. The van der Waals surface area contributed by atoms with Crippen molar-refractivity contribution < 1.29 is 9.90 Å². The molecule has 1 aromatic rings. The second kappa shape index (κ2) is 6.61. The Bertz CT molecular complexity index is 474. The van der Waals surface area contributed by atoms with Gasteiger partial charge in [0.25, 0.3) is 0 Å². The maximum absolute atomic E-state index is 11.4. The molecule has 116 valence electrons. The fraction of sp³-hybridized carbons (Fsp3) is 0.611. The minimum atomic E-state index is -0.726. The number of benzene rings is 1. The summed E-state index contributed by atoms with van der Waals surface area (Å²) < 4.78 is 0. The molecule has 0 amide bonds. The highest BCUT2D eigenvalue weighted by molar-refractivity contribution is 5.69. The van der Waals surface area contributed by atoms with Crippen LogP contribution in [-0.4, -0.2) is 29.1 Å². The first-order chi connectivity index (χ1) is 9.93. The van der Waals surface area contributed by atoms with Gasteiger partial charge in [-0.1, -0.05) is 44.5 Å². The quantitative estimate of drug-likeness (QED) is 0.891. The van der Waals surface area contributed by atoms with Gasteiger partial charge in [0.05, 0.1) is 12.0 Å². The molecule has 1 heterocycles. The van der Waals surface area contributed by atoms with Gasteiger partial charge in [0.1, 0.15) is 0 Å². The summed E-state index contributed by atoms with van der Waals surface area (Å²) in [6, 6.07) is 8.52. The number of piperidine rings is 1. The van der Waals surface area contributed by atoms with Crippen molar-refractivity contribution in [1.29, 1.82) is 0 Å². The maximum atomic E-state index is 11.4. The molecule has 1 unspecified atom stereocenters. The van der Waals surface area contributed by atoms with E-state index in [0.29, 0.717) is 5.92 Å². The van der Waals surface area contributed by atoms with Crippen LogP contribution in [0.3, 0.4) is 0 Å². The summed E-state index contributed by atoms with van der Waals surface area (Å²) in [6.07, 6.45) is 3.75. The standard InChI is InChI=1S/C18H27NO2/c1-14(2)15-7-9-16(10-8-15)18(3,13-17(20)21)19-11-5-4-6-12-19/h7-10,14H,4-6,11-13H2,1-3H3,(H,20,21). The zero-order chi connectivity index (χ0) is 15.5. The lowest BCUT2D eigenvalue weighted by Gasteiger charge is -2.43. The van der Waals surface area contributed by atoms with E-state index >= 15 is 0 Å². The minimum Gasteiger partial charge on any atom is -0.481 e. The van der Waals surface area contributed by atoms with Crippen LogP contribution < -0.4 is 0 Å². The fourth-order valence-electron chi connectivity index (χ4n) is 3.31. The lowest BCUT2D eigenvalue weighted by molar-refractivity contribution is -0.140. The highest BCUT2D eigenvalue weighted by Gasteiger charge is 2.36. The number of nitrogens with zero attached hydrogens (tertiary/aromatic N) is 1. The third-order valence-corrected chi connectivity index (χ3v) is 4.75. The SMILES string of the molecule is CC(C)c1ccc(C(C)(CC(=O)O)N2CCCCC2)cc1. The fourth-order valence-corrected chi connectivity index (χ4v) is 3.31. The lowest BCUT2D eigenvalue weighted by Crippen LogP contribution is -2.47. The molecular weight excluding hydrogens is 262 g/mol. The number of carboxylic acid groups (broad SMARTS) is 1. The van der Waals surface area contributed by atoms with Crippen LogP contribution >= 0.6 is 0 Å². The van der Waals surface area contributed by atoms with Gasteiger partial charge < -0.3 is 5.11 Å². The van der Waals surface area contributed by atoms with Gasteiger partial charge in [0.15, 0.2) is 0 Å². The first-order valence-electron chi connectivity index (χ1n) is 8.01. The number of aliphatic carboxylic acids is 1. The normalized spacial score (nSPS) is 19.4. The second-order valence-electron chi connectivity index (χ2n) is 6.67. The van der Waals surface area contributed by atoms with Gasteiger partial charge in [-0.2, -0.15) is 0 Å². The van der Waals surface area contributed by atoms with E-state index in [2.05, 4.69) is 49.9 Å². The van der Waals surface area contributed by atoms with Crippen LogP contribution in [0.5, 0.6) is 0 Å². The first-order valence-corrected chi connectivity index (χ1v) is 8.01. The molecule has 1 N–H and O–H groups in total. The van der Waals surface area contributed by atoms with Gasteiger partial charge in [-0.3, -0.25) is 9.69 Å². The van der Waals surface area contributed by atoms with E-state index in [1.807, 2.05) is 0 Å². The van der Waals surface area contributed by atoms with Crippen LogP contribution in [0.15, 0.2) is 24.3 Å². The van der Waals surface area contributed by atoms with Crippen molar-refractivity contribution in [3.05, 3.63) is 35.4 Å². The molecule has 0 aliphatic carbocycles. The van der Waals surface area contributed by atoms with E-state index < -0.39 is 11.5 Å². The summed E-state index contributed by atoms with van der Waals surface area (Å²) in [5, 5.41) is 9.36. The smallest absolute Gasteiger partial charge is 0.305 e. The Labute approximate surface area is 128 Å². The topological polar surface area (TPSA) is 40.5 Å². The highest BCUT2D eigenvalue weighted by Crippen LogP contribution is 2.35. The summed E-state index contributed by atoms with van der Waals surface area (Å²) >= 11 is 0. The van der Waals surface area contributed by atoms with Gasteiger partial charge in [-0.05, 0) is 49.9 Å². The second-order valence-corrected chi connectivity index (χ2v) is 6.67. The van der Waals surface area contributed by atoms with E-state index in [4.69, 9.17) is 0 Å². The van der Waals surface area contributed by atoms with Crippen molar-refractivity contribution in [2.75, 3.05) is 13.1 Å². The molecule has 1 saturated heterocycles. The average Bonchev–Trinajstić information content (AvgIpc) is 2.47.